The van der Waals surface area contributed by atoms with Crippen molar-refractivity contribution in [3.8, 4) is 6.07 Å². The zero-order valence-electron chi connectivity index (χ0n) is 11.2. The van der Waals surface area contributed by atoms with Crippen molar-refractivity contribution < 1.29 is 9.53 Å². The number of esters is 1. The highest BCUT2D eigenvalue weighted by Gasteiger charge is 2.10. The highest BCUT2D eigenvalue weighted by Crippen LogP contribution is 2.11. The lowest BCUT2D eigenvalue weighted by Gasteiger charge is -2.06. The maximum absolute atomic E-state index is 11.6. The van der Waals surface area contributed by atoms with E-state index < -0.39 is 0 Å². The first-order chi connectivity index (χ1) is 9.74. The summed E-state index contributed by atoms with van der Waals surface area (Å²) < 4.78 is 6.59. The molecule has 2 aromatic rings. The molecule has 1 aromatic heterocycles. The molecule has 1 aromatic carbocycles. The third-order valence-corrected chi connectivity index (χ3v) is 2.86. The summed E-state index contributed by atoms with van der Waals surface area (Å²) in [7, 11) is 0. The fourth-order valence-electron chi connectivity index (χ4n) is 1.91. The monoisotopic (exact) mass is 269 g/mol. The number of carbonyl (C=O) groups is 1. The van der Waals surface area contributed by atoms with Crippen LogP contribution in [0, 0.1) is 11.3 Å². The number of carbonyl (C=O) groups excluding carboxylic acids is 1. The molecule has 20 heavy (non-hydrogen) atoms. The van der Waals surface area contributed by atoms with Crippen molar-refractivity contribution >= 4 is 5.97 Å². The Morgan fingerprint density at radius 1 is 1.40 bits per heavy atom. The van der Waals surface area contributed by atoms with E-state index in [9.17, 15) is 4.79 Å². The molecule has 0 saturated carbocycles. The van der Waals surface area contributed by atoms with Gasteiger partial charge in [-0.1, -0.05) is 24.3 Å². The van der Waals surface area contributed by atoms with Crippen molar-refractivity contribution in [1.29, 1.82) is 5.26 Å². The summed E-state index contributed by atoms with van der Waals surface area (Å²) in [4.78, 5) is 11.6. The molecule has 0 unspecified atom stereocenters. The molecule has 1 heterocycles. The van der Waals surface area contributed by atoms with Crippen molar-refractivity contribution in [2.24, 2.45) is 0 Å². The Bertz CT molecular complexity index is 641. The molecule has 0 aliphatic rings. The van der Waals surface area contributed by atoms with E-state index in [2.05, 4.69) is 11.2 Å². The SMILES string of the molecule is CCOC(=O)c1cnn(Cc2ccccc2CC#N)c1. The van der Waals surface area contributed by atoms with Crippen LogP contribution in [-0.4, -0.2) is 22.4 Å². The van der Waals surface area contributed by atoms with Crippen molar-refractivity contribution in [3.63, 3.8) is 0 Å². The Balaban J connectivity index is 2.15. The molecule has 0 N–H and O–H groups in total. The van der Waals surface area contributed by atoms with Gasteiger partial charge < -0.3 is 4.74 Å². The molecular weight excluding hydrogens is 254 g/mol. The summed E-state index contributed by atoms with van der Waals surface area (Å²) in [5.41, 5.74) is 2.43. The van der Waals surface area contributed by atoms with Crippen LogP contribution in [-0.2, 0) is 17.7 Å². The fourth-order valence-corrected chi connectivity index (χ4v) is 1.91. The minimum absolute atomic E-state index is 0.342. The van der Waals surface area contributed by atoms with Gasteiger partial charge in [0.1, 0.15) is 0 Å². The molecule has 0 aliphatic heterocycles. The highest BCUT2D eigenvalue weighted by molar-refractivity contribution is 5.88. The van der Waals surface area contributed by atoms with Crippen LogP contribution in [0.2, 0.25) is 0 Å². The molecule has 102 valence electrons. The maximum atomic E-state index is 11.6. The second kappa shape index (κ2) is 6.53. The summed E-state index contributed by atoms with van der Waals surface area (Å²) in [6.07, 6.45) is 3.51. The topological polar surface area (TPSA) is 67.9 Å². The van der Waals surface area contributed by atoms with Gasteiger partial charge in [0.05, 0.1) is 37.4 Å². The third kappa shape index (κ3) is 3.23. The van der Waals surface area contributed by atoms with E-state index in [4.69, 9.17) is 10.00 Å². The number of aromatic nitrogens is 2. The highest BCUT2D eigenvalue weighted by atomic mass is 16.5. The van der Waals surface area contributed by atoms with Crippen LogP contribution in [0.25, 0.3) is 0 Å². The second-order valence-corrected chi connectivity index (χ2v) is 4.25. The van der Waals surface area contributed by atoms with E-state index in [0.29, 0.717) is 25.1 Å². The number of nitriles is 1. The molecule has 5 heteroatoms. The summed E-state index contributed by atoms with van der Waals surface area (Å²) in [5, 5.41) is 13.0. The van der Waals surface area contributed by atoms with Gasteiger partial charge in [-0.25, -0.2) is 4.79 Å². The van der Waals surface area contributed by atoms with Gasteiger partial charge in [0, 0.05) is 6.20 Å². The van der Waals surface area contributed by atoms with Crippen molar-refractivity contribution in [2.45, 2.75) is 19.9 Å². The smallest absolute Gasteiger partial charge is 0.341 e. The summed E-state index contributed by atoms with van der Waals surface area (Å²) in [6, 6.07) is 9.86. The van der Waals surface area contributed by atoms with Crippen LogP contribution >= 0.6 is 0 Å². The number of hydrogen-bond acceptors (Lipinski definition) is 4. The van der Waals surface area contributed by atoms with Crippen molar-refractivity contribution in [1.82, 2.24) is 9.78 Å². The van der Waals surface area contributed by atoms with E-state index in [1.807, 2.05) is 24.3 Å². The van der Waals surface area contributed by atoms with E-state index in [1.165, 1.54) is 6.20 Å². The van der Waals surface area contributed by atoms with Gasteiger partial charge in [0.15, 0.2) is 0 Å². The van der Waals surface area contributed by atoms with Crippen LogP contribution in [0.1, 0.15) is 28.4 Å². The van der Waals surface area contributed by atoms with E-state index in [0.717, 1.165) is 11.1 Å². The second-order valence-electron chi connectivity index (χ2n) is 4.25. The molecular formula is C15H15N3O2. The van der Waals surface area contributed by atoms with Gasteiger partial charge in [-0.2, -0.15) is 10.4 Å². The Hall–Kier alpha value is -2.61. The largest absolute Gasteiger partial charge is 0.462 e. The minimum atomic E-state index is -0.371. The van der Waals surface area contributed by atoms with E-state index >= 15 is 0 Å². The summed E-state index contributed by atoms with van der Waals surface area (Å²) in [5.74, 6) is -0.371. The average Bonchev–Trinajstić information content (AvgIpc) is 2.90. The predicted octanol–water partition coefficient (Wildman–Crippen LogP) is 2.17. The van der Waals surface area contributed by atoms with Crippen molar-refractivity contribution in [3.05, 3.63) is 53.3 Å². The molecule has 2 rings (SSSR count). The fraction of sp³-hybridized carbons (Fsp3) is 0.267. The van der Waals surface area contributed by atoms with Gasteiger partial charge in [-0.15, -0.1) is 0 Å². The molecule has 0 radical (unpaired) electrons. The molecule has 0 saturated heterocycles. The first-order valence-corrected chi connectivity index (χ1v) is 6.38. The Morgan fingerprint density at radius 3 is 2.85 bits per heavy atom. The molecule has 0 spiro atoms. The van der Waals surface area contributed by atoms with Crippen LogP contribution in [0.5, 0.6) is 0 Å². The van der Waals surface area contributed by atoms with Crippen LogP contribution in [0.3, 0.4) is 0 Å². The Labute approximate surface area is 117 Å². The van der Waals surface area contributed by atoms with E-state index in [-0.39, 0.29) is 5.97 Å². The Kier molecular flexibility index (Phi) is 4.51. The van der Waals surface area contributed by atoms with Crippen LogP contribution < -0.4 is 0 Å². The lowest BCUT2D eigenvalue weighted by Crippen LogP contribution is -2.05. The summed E-state index contributed by atoms with van der Waals surface area (Å²) in [6.45, 7) is 2.63. The van der Waals surface area contributed by atoms with E-state index in [1.54, 1.807) is 17.8 Å². The maximum Gasteiger partial charge on any atom is 0.341 e. The van der Waals surface area contributed by atoms with Crippen LogP contribution in [0.4, 0.5) is 0 Å². The number of benzene rings is 1. The number of ether oxygens (including phenoxy) is 1. The lowest BCUT2D eigenvalue weighted by atomic mass is 10.1. The minimum Gasteiger partial charge on any atom is -0.462 e. The molecule has 0 bridgehead atoms. The van der Waals surface area contributed by atoms with Gasteiger partial charge >= 0.3 is 5.97 Å². The van der Waals surface area contributed by atoms with Gasteiger partial charge in [0.2, 0.25) is 0 Å². The molecule has 0 fully saturated rings. The number of rotatable bonds is 5. The van der Waals surface area contributed by atoms with Crippen molar-refractivity contribution in [2.75, 3.05) is 6.61 Å². The number of hydrogen-bond donors (Lipinski definition) is 0. The summed E-state index contributed by atoms with van der Waals surface area (Å²) >= 11 is 0. The predicted molar refractivity (Wildman–Crippen MR) is 73.0 cm³/mol. The third-order valence-electron chi connectivity index (χ3n) is 2.86. The standard InChI is InChI=1S/C15H15N3O2/c1-2-20-15(19)14-9-17-18(11-14)10-13-6-4-3-5-12(13)7-8-16/h3-6,9,11H,2,7,10H2,1H3. The Morgan fingerprint density at radius 2 is 2.15 bits per heavy atom. The number of nitrogens with zero attached hydrogens (tertiary/aromatic N) is 3. The van der Waals surface area contributed by atoms with Gasteiger partial charge in [-0.05, 0) is 18.1 Å². The molecule has 0 atom stereocenters. The molecule has 0 amide bonds. The first-order valence-electron chi connectivity index (χ1n) is 6.38. The van der Waals surface area contributed by atoms with Gasteiger partial charge in [-0.3, -0.25) is 4.68 Å². The molecule has 5 nitrogen and oxygen atoms in total. The van der Waals surface area contributed by atoms with Gasteiger partial charge in [0.25, 0.3) is 0 Å². The van der Waals surface area contributed by atoms with Crippen LogP contribution in [0.15, 0.2) is 36.7 Å². The first kappa shape index (κ1) is 13.8. The normalized spacial score (nSPS) is 10.0. The molecule has 0 aliphatic carbocycles. The zero-order valence-corrected chi connectivity index (χ0v) is 11.2. The average molecular weight is 269 g/mol. The zero-order chi connectivity index (χ0) is 14.4. The lowest BCUT2D eigenvalue weighted by molar-refractivity contribution is 0.0526. The quantitative estimate of drug-likeness (QED) is 0.780.